The Hall–Kier alpha value is -0.950. The summed E-state index contributed by atoms with van der Waals surface area (Å²) in [7, 11) is 0. The SMILES string of the molecule is Cl.NC1CCN(Cc2nc(-c3cccc(Br)c3)no2)CC1. The number of benzene rings is 1. The van der Waals surface area contributed by atoms with Crippen LogP contribution in [0.2, 0.25) is 0 Å². The third-order valence-electron chi connectivity index (χ3n) is 3.54. The number of hydrogen-bond donors (Lipinski definition) is 1. The van der Waals surface area contributed by atoms with E-state index in [-0.39, 0.29) is 12.4 Å². The highest BCUT2D eigenvalue weighted by Crippen LogP contribution is 2.21. The number of piperidine rings is 1. The van der Waals surface area contributed by atoms with Crippen molar-refractivity contribution in [1.82, 2.24) is 15.0 Å². The first-order valence-electron chi connectivity index (χ1n) is 6.77. The van der Waals surface area contributed by atoms with E-state index >= 15 is 0 Å². The molecule has 1 aliphatic rings. The first kappa shape index (κ1) is 16.4. The van der Waals surface area contributed by atoms with Crippen LogP contribution in [0.4, 0.5) is 0 Å². The predicted octanol–water partition coefficient (Wildman–Crippen LogP) is 2.84. The van der Waals surface area contributed by atoms with E-state index in [1.165, 1.54) is 0 Å². The van der Waals surface area contributed by atoms with E-state index in [1.807, 2.05) is 24.3 Å². The molecule has 1 aromatic carbocycles. The molecule has 21 heavy (non-hydrogen) atoms. The number of hydrogen-bond acceptors (Lipinski definition) is 5. The lowest BCUT2D eigenvalue weighted by molar-refractivity contribution is 0.182. The van der Waals surface area contributed by atoms with Crippen LogP contribution in [0.25, 0.3) is 11.4 Å². The lowest BCUT2D eigenvalue weighted by Gasteiger charge is -2.28. The second-order valence-corrected chi connectivity index (χ2v) is 6.05. The van der Waals surface area contributed by atoms with Gasteiger partial charge in [0.05, 0.1) is 6.54 Å². The molecular weight excluding hydrogens is 356 g/mol. The zero-order valence-corrected chi connectivity index (χ0v) is 13.9. The Morgan fingerprint density at radius 2 is 2.10 bits per heavy atom. The van der Waals surface area contributed by atoms with Gasteiger partial charge in [0, 0.05) is 29.2 Å². The Bertz CT molecular complexity index is 584. The van der Waals surface area contributed by atoms with Crippen LogP contribution in [-0.4, -0.2) is 34.2 Å². The van der Waals surface area contributed by atoms with E-state index in [9.17, 15) is 0 Å². The van der Waals surface area contributed by atoms with E-state index in [4.69, 9.17) is 10.3 Å². The van der Waals surface area contributed by atoms with Crippen LogP contribution in [0.3, 0.4) is 0 Å². The van der Waals surface area contributed by atoms with Crippen LogP contribution in [0, 0.1) is 0 Å². The van der Waals surface area contributed by atoms with Crippen LogP contribution in [0.15, 0.2) is 33.3 Å². The third-order valence-corrected chi connectivity index (χ3v) is 4.04. The third kappa shape index (κ3) is 4.26. The van der Waals surface area contributed by atoms with E-state index in [0.717, 1.165) is 36.0 Å². The summed E-state index contributed by atoms with van der Waals surface area (Å²) in [6, 6.07) is 8.22. The molecule has 7 heteroatoms. The minimum Gasteiger partial charge on any atom is -0.338 e. The number of aromatic nitrogens is 2. The molecule has 1 aliphatic heterocycles. The maximum atomic E-state index is 5.90. The van der Waals surface area contributed by atoms with E-state index < -0.39 is 0 Å². The standard InChI is InChI=1S/C14H17BrN4O.ClH/c15-11-3-1-2-10(8-11)14-17-13(20-18-14)9-19-6-4-12(16)5-7-19;/h1-3,8,12H,4-7,9,16H2;1H. The summed E-state index contributed by atoms with van der Waals surface area (Å²) in [6.07, 6.45) is 2.07. The smallest absolute Gasteiger partial charge is 0.241 e. The van der Waals surface area contributed by atoms with Crippen molar-refractivity contribution in [3.8, 4) is 11.4 Å². The highest BCUT2D eigenvalue weighted by Gasteiger charge is 2.18. The number of nitrogens with two attached hydrogens (primary N) is 1. The molecule has 1 fully saturated rings. The first-order valence-corrected chi connectivity index (χ1v) is 7.56. The highest BCUT2D eigenvalue weighted by molar-refractivity contribution is 9.10. The fourth-order valence-electron chi connectivity index (χ4n) is 2.37. The molecule has 0 atom stereocenters. The van der Waals surface area contributed by atoms with Gasteiger partial charge in [0.2, 0.25) is 11.7 Å². The van der Waals surface area contributed by atoms with Crippen LogP contribution in [-0.2, 0) is 6.54 Å². The molecule has 0 amide bonds. The molecule has 3 rings (SSSR count). The average molecular weight is 374 g/mol. The molecule has 0 bridgehead atoms. The lowest BCUT2D eigenvalue weighted by Crippen LogP contribution is -2.39. The van der Waals surface area contributed by atoms with E-state index in [0.29, 0.717) is 24.3 Å². The fourth-order valence-corrected chi connectivity index (χ4v) is 2.77. The molecule has 0 unspecified atom stereocenters. The summed E-state index contributed by atoms with van der Waals surface area (Å²) in [5.41, 5.74) is 6.86. The van der Waals surface area contributed by atoms with Crippen LogP contribution < -0.4 is 5.73 Å². The van der Waals surface area contributed by atoms with Gasteiger partial charge in [-0.05, 0) is 25.0 Å². The second-order valence-electron chi connectivity index (χ2n) is 5.14. The summed E-state index contributed by atoms with van der Waals surface area (Å²) in [5, 5.41) is 4.05. The molecule has 1 aromatic heterocycles. The van der Waals surface area contributed by atoms with Crippen molar-refractivity contribution < 1.29 is 4.52 Å². The largest absolute Gasteiger partial charge is 0.338 e. The maximum absolute atomic E-state index is 5.90. The zero-order valence-electron chi connectivity index (χ0n) is 11.5. The summed E-state index contributed by atoms with van der Waals surface area (Å²) in [6.45, 7) is 2.69. The van der Waals surface area contributed by atoms with Gasteiger partial charge in [-0.25, -0.2) is 0 Å². The Labute approximate surface area is 138 Å². The van der Waals surface area contributed by atoms with Gasteiger partial charge in [0.25, 0.3) is 0 Å². The number of likely N-dealkylation sites (tertiary alicyclic amines) is 1. The van der Waals surface area contributed by atoms with Gasteiger partial charge in [0.1, 0.15) is 0 Å². The van der Waals surface area contributed by atoms with Crippen molar-refractivity contribution in [3.63, 3.8) is 0 Å². The number of halogens is 2. The van der Waals surface area contributed by atoms with Crippen LogP contribution >= 0.6 is 28.3 Å². The molecule has 2 N–H and O–H groups in total. The fraction of sp³-hybridized carbons (Fsp3) is 0.429. The summed E-state index contributed by atoms with van der Waals surface area (Å²) in [4.78, 5) is 6.77. The van der Waals surface area contributed by atoms with Gasteiger partial charge in [0.15, 0.2) is 0 Å². The van der Waals surface area contributed by atoms with Gasteiger partial charge in [-0.3, -0.25) is 4.90 Å². The molecule has 0 aliphatic carbocycles. The number of nitrogens with zero attached hydrogens (tertiary/aromatic N) is 3. The van der Waals surface area contributed by atoms with Crippen molar-refractivity contribution in [2.75, 3.05) is 13.1 Å². The summed E-state index contributed by atoms with van der Waals surface area (Å²) >= 11 is 3.45. The molecule has 114 valence electrons. The van der Waals surface area contributed by atoms with Crippen LogP contribution in [0.5, 0.6) is 0 Å². The number of rotatable bonds is 3. The molecule has 0 radical (unpaired) electrons. The maximum Gasteiger partial charge on any atom is 0.241 e. The van der Waals surface area contributed by atoms with Crippen molar-refractivity contribution >= 4 is 28.3 Å². The topological polar surface area (TPSA) is 68.2 Å². The predicted molar refractivity (Wildman–Crippen MR) is 87.2 cm³/mol. The molecule has 5 nitrogen and oxygen atoms in total. The van der Waals surface area contributed by atoms with Gasteiger partial charge in [-0.15, -0.1) is 12.4 Å². The highest BCUT2D eigenvalue weighted by atomic mass is 79.9. The Balaban J connectivity index is 0.00000161. The normalized spacial score (nSPS) is 16.7. The Morgan fingerprint density at radius 1 is 1.33 bits per heavy atom. The molecule has 2 aromatic rings. The minimum absolute atomic E-state index is 0. The van der Waals surface area contributed by atoms with E-state index in [2.05, 4.69) is 31.0 Å². The van der Waals surface area contributed by atoms with Crippen molar-refractivity contribution in [1.29, 1.82) is 0 Å². The molecule has 2 heterocycles. The first-order chi connectivity index (χ1) is 9.70. The Kier molecular flexibility index (Phi) is 5.75. The lowest BCUT2D eigenvalue weighted by atomic mass is 10.1. The molecular formula is C14H18BrClN4O. The summed E-state index contributed by atoms with van der Waals surface area (Å²) < 4.78 is 6.35. The second kappa shape index (κ2) is 7.35. The van der Waals surface area contributed by atoms with Gasteiger partial charge in [-0.1, -0.05) is 33.2 Å². The minimum atomic E-state index is 0. The van der Waals surface area contributed by atoms with Crippen molar-refractivity contribution in [2.24, 2.45) is 5.73 Å². The quantitative estimate of drug-likeness (QED) is 0.896. The Morgan fingerprint density at radius 3 is 2.81 bits per heavy atom. The van der Waals surface area contributed by atoms with Gasteiger partial charge in [-0.2, -0.15) is 4.98 Å². The molecule has 0 spiro atoms. The zero-order chi connectivity index (χ0) is 13.9. The molecule has 0 saturated carbocycles. The monoisotopic (exact) mass is 372 g/mol. The summed E-state index contributed by atoms with van der Waals surface area (Å²) in [5.74, 6) is 1.30. The molecule has 1 saturated heterocycles. The van der Waals surface area contributed by atoms with Gasteiger partial charge < -0.3 is 10.3 Å². The van der Waals surface area contributed by atoms with Crippen molar-refractivity contribution in [3.05, 3.63) is 34.6 Å². The van der Waals surface area contributed by atoms with Crippen molar-refractivity contribution in [2.45, 2.75) is 25.4 Å². The van der Waals surface area contributed by atoms with Gasteiger partial charge >= 0.3 is 0 Å². The average Bonchev–Trinajstić information content (AvgIpc) is 2.90. The van der Waals surface area contributed by atoms with E-state index in [1.54, 1.807) is 0 Å². The van der Waals surface area contributed by atoms with Crippen LogP contribution in [0.1, 0.15) is 18.7 Å².